The molecule has 6 heteroatoms. The van der Waals surface area contributed by atoms with Crippen LogP contribution in [0.5, 0.6) is 0 Å². The molecule has 0 saturated heterocycles. The molecule has 126 valence electrons. The molecule has 0 atom stereocenters. The first-order valence-corrected chi connectivity index (χ1v) is 8.17. The summed E-state index contributed by atoms with van der Waals surface area (Å²) in [5.74, 6) is 0.223. The van der Waals surface area contributed by atoms with Crippen molar-refractivity contribution >= 4 is 29.1 Å². The van der Waals surface area contributed by atoms with Crippen molar-refractivity contribution in [1.82, 2.24) is 9.97 Å². The minimum absolute atomic E-state index is 0.237. The molecule has 0 spiro atoms. The Bertz CT molecular complexity index is 863. The Morgan fingerprint density at radius 2 is 1.72 bits per heavy atom. The van der Waals surface area contributed by atoms with Gasteiger partial charge in [-0.05, 0) is 36.2 Å². The Hall–Kier alpha value is -2.92. The lowest BCUT2D eigenvalue weighted by Gasteiger charge is -2.08. The first-order valence-electron chi connectivity index (χ1n) is 7.79. The van der Waals surface area contributed by atoms with Gasteiger partial charge in [0.15, 0.2) is 0 Å². The Morgan fingerprint density at radius 1 is 1.04 bits per heavy atom. The molecule has 0 aliphatic carbocycles. The molecule has 0 unspecified atom stereocenters. The highest BCUT2D eigenvalue weighted by molar-refractivity contribution is 6.30. The van der Waals surface area contributed by atoms with Crippen molar-refractivity contribution in [3.05, 3.63) is 82.6 Å². The molecule has 1 heterocycles. The van der Waals surface area contributed by atoms with Gasteiger partial charge >= 0.3 is 0 Å². The van der Waals surface area contributed by atoms with Crippen LogP contribution in [0.4, 0.5) is 11.6 Å². The third-order valence-electron chi connectivity index (χ3n) is 3.67. The van der Waals surface area contributed by atoms with Crippen LogP contribution >= 0.6 is 11.6 Å². The van der Waals surface area contributed by atoms with Gasteiger partial charge in [0.25, 0.3) is 5.91 Å². The van der Waals surface area contributed by atoms with E-state index in [1.807, 2.05) is 55.5 Å². The smallest absolute Gasteiger partial charge is 0.258 e. The van der Waals surface area contributed by atoms with Gasteiger partial charge in [-0.1, -0.05) is 41.9 Å². The van der Waals surface area contributed by atoms with Crippen LogP contribution in [-0.4, -0.2) is 15.9 Å². The highest BCUT2D eigenvalue weighted by Gasteiger charge is 2.09. The van der Waals surface area contributed by atoms with E-state index in [1.165, 1.54) is 12.4 Å². The molecule has 25 heavy (non-hydrogen) atoms. The van der Waals surface area contributed by atoms with Crippen molar-refractivity contribution in [2.24, 2.45) is 0 Å². The number of rotatable bonds is 5. The van der Waals surface area contributed by atoms with Gasteiger partial charge in [0, 0.05) is 29.6 Å². The van der Waals surface area contributed by atoms with Crippen LogP contribution in [0.1, 0.15) is 21.5 Å². The molecule has 0 saturated carbocycles. The van der Waals surface area contributed by atoms with E-state index in [4.69, 9.17) is 11.6 Å². The van der Waals surface area contributed by atoms with Gasteiger partial charge in [-0.3, -0.25) is 4.79 Å². The van der Waals surface area contributed by atoms with Gasteiger partial charge in [0.05, 0.1) is 5.56 Å². The molecule has 0 bridgehead atoms. The molecular weight excluding hydrogens is 336 g/mol. The lowest BCUT2D eigenvalue weighted by molar-refractivity contribution is 0.102. The maximum Gasteiger partial charge on any atom is 0.258 e. The van der Waals surface area contributed by atoms with Gasteiger partial charge < -0.3 is 10.6 Å². The number of para-hydroxylation sites is 1. The van der Waals surface area contributed by atoms with Gasteiger partial charge in [-0.15, -0.1) is 0 Å². The second kappa shape index (κ2) is 7.77. The topological polar surface area (TPSA) is 66.9 Å². The highest BCUT2D eigenvalue weighted by Crippen LogP contribution is 2.15. The summed E-state index contributed by atoms with van der Waals surface area (Å²) in [6.45, 7) is 2.52. The van der Waals surface area contributed by atoms with Crippen molar-refractivity contribution < 1.29 is 4.79 Å². The number of anilines is 2. The molecule has 0 fully saturated rings. The van der Waals surface area contributed by atoms with Crippen LogP contribution in [0, 0.1) is 6.92 Å². The van der Waals surface area contributed by atoms with Crippen LogP contribution in [0.25, 0.3) is 0 Å². The van der Waals surface area contributed by atoms with E-state index >= 15 is 0 Å². The molecule has 0 radical (unpaired) electrons. The zero-order chi connectivity index (χ0) is 17.6. The number of nitrogens with zero attached hydrogens (tertiary/aromatic N) is 2. The maximum atomic E-state index is 12.3. The summed E-state index contributed by atoms with van der Waals surface area (Å²) in [7, 11) is 0. The third kappa shape index (κ3) is 4.55. The van der Waals surface area contributed by atoms with Crippen molar-refractivity contribution in [2.45, 2.75) is 13.5 Å². The quantitative estimate of drug-likeness (QED) is 0.718. The molecule has 3 rings (SSSR count). The third-order valence-corrected chi connectivity index (χ3v) is 3.92. The Kier molecular flexibility index (Phi) is 5.26. The molecule has 0 aliphatic heterocycles. The monoisotopic (exact) mass is 352 g/mol. The molecular formula is C19H17ClN4O. The predicted molar refractivity (Wildman–Crippen MR) is 99.9 cm³/mol. The minimum atomic E-state index is -0.237. The van der Waals surface area contributed by atoms with Crippen molar-refractivity contribution in [3.8, 4) is 0 Å². The van der Waals surface area contributed by atoms with Crippen molar-refractivity contribution in [1.29, 1.82) is 0 Å². The molecule has 0 aliphatic rings. The zero-order valence-electron chi connectivity index (χ0n) is 13.7. The fourth-order valence-electron chi connectivity index (χ4n) is 2.23. The fourth-order valence-corrected chi connectivity index (χ4v) is 2.35. The number of carbonyl (C=O) groups excluding carboxylic acids is 1. The lowest BCUT2D eigenvalue weighted by Crippen LogP contribution is -2.14. The molecule has 2 aromatic carbocycles. The lowest BCUT2D eigenvalue weighted by atomic mass is 10.2. The van der Waals surface area contributed by atoms with Crippen LogP contribution in [0.15, 0.2) is 60.9 Å². The van der Waals surface area contributed by atoms with Crippen molar-refractivity contribution in [2.75, 3.05) is 10.6 Å². The molecule has 3 aromatic rings. The maximum absolute atomic E-state index is 12.3. The van der Waals surface area contributed by atoms with Crippen LogP contribution in [0.3, 0.4) is 0 Å². The Balaban J connectivity index is 1.60. The average molecular weight is 353 g/mol. The number of hydrogen-bond donors (Lipinski definition) is 2. The summed E-state index contributed by atoms with van der Waals surface area (Å²) in [6.07, 6.45) is 3.01. The summed E-state index contributed by atoms with van der Waals surface area (Å²) in [5, 5.41) is 6.66. The molecule has 5 nitrogen and oxygen atoms in total. The van der Waals surface area contributed by atoms with E-state index in [-0.39, 0.29) is 5.91 Å². The number of aromatic nitrogens is 2. The normalized spacial score (nSPS) is 10.3. The molecule has 1 aromatic heterocycles. The largest absolute Gasteiger partial charge is 0.350 e. The van der Waals surface area contributed by atoms with Gasteiger partial charge in [-0.25, -0.2) is 9.97 Å². The summed E-state index contributed by atoms with van der Waals surface area (Å²) in [4.78, 5) is 20.6. The fraction of sp³-hybridized carbons (Fsp3) is 0.105. The van der Waals surface area contributed by atoms with Crippen LogP contribution < -0.4 is 10.6 Å². The second-order valence-corrected chi connectivity index (χ2v) is 5.98. The van der Waals surface area contributed by atoms with Crippen LogP contribution in [0.2, 0.25) is 5.02 Å². The number of carbonyl (C=O) groups is 1. The van der Waals surface area contributed by atoms with Gasteiger partial charge in [0.2, 0.25) is 5.95 Å². The van der Waals surface area contributed by atoms with Crippen molar-refractivity contribution in [3.63, 3.8) is 0 Å². The highest BCUT2D eigenvalue weighted by atomic mass is 35.5. The zero-order valence-corrected chi connectivity index (χ0v) is 14.4. The summed E-state index contributed by atoms with van der Waals surface area (Å²) in [6, 6.07) is 15.1. The number of aryl methyl sites for hydroxylation is 1. The average Bonchev–Trinajstić information content (AvgIpc) is 2.63. The molecule has 2 N–H and O–H groups in total. The van der Waals surface area contributed by atoms with Gasteiger partial charge in [-0.2, -0.15) is 0 Å². The van der Waals surface area contributed by atoms with E-state index < -0.39 is 0 Å². The SMILES string of the molecule is Cc1ccccc1NC(=O)c1cnc(NCc2ccc(Cl)cc2)nc1. The number of nitrogens with one attached hydrogen (secondary N) is 2. The number of amides is 1. The van der Waals surface area contributed by atoms with Crippen LogP contribution in [-0.2, 0) is 6.54 Å². The number of halogens is 1. The number of benzene rings is 2. The first-order chi connectivity index (χ1) is 12.1. The first kappa shape index (κ1) is 16.9. The van der Waals surface area contributed by atoms with E-state index in [2.05, 4.69) is 20.6 Å². The Labute approximate surface area is 151 Å². The predicted octanol–water partition coefficient (Wildman–Crippen LogP) is 4.30. The van der Waals surface area contributed by atoms with E-state index in [0.717, 1.165) is 16.8 Å². The van der Waals surface area contributed by atoms with E-state index in [1.54, 1.807) is 0 Å². The van der Waals surface area contributed by atoms with E-state index in [0.29, 0.717) is 23.1 Å². The standard InChI is InChI=1S/C19H17ClN4O/c1-13-4-2-3-5-17(13)24-18(25)15-11-22-19(23-12-15)21-10-14-6-8-16(20)9-7-14/h2-9,11-12H,10H2,1H3,(H,24,25)(H,21,22,23). The minimum Gasteiger partial charge on any atom is -0.350 e. The Morgan fingerprint density at radius 3 is 2.40 bits per heavy atom. The second-order valence-electron chi connectivity index (χ2n) is 5.54. The summed E-state index contributed by atoms with van der Waals surface area (Å²) >= 11 is 5.86. The summed E-state index contributed by atoms with van der Waals surface area (Å²) in [5.41, 5.74) is 3.24. The molecule has 1 amide bonds. The van der Waals surface area contributed by atoms with E-state index in [9.17, 15) is 4.79 Å². The summed E-state index contributed by atoms with van der Waals surface area (Å²) < 4.78 is 0. The number of hydrogen-bond acceptors (Lipinski definition) is 4. The van der Waals surface area contributed by atoms with Gasteiger partial charge in [0.1, 0.15) is 0 Å².